The minimum absolute atomic E-state index is 0.0448. The van der Waals surface area contributed by atoms with Crippen molar-refractivity contribution in [2.24, 2.45) is 0 Å². The highest BCUT2D eigenvalue weighted by Crippen LogP contribution is 2.21. The highest BCUT2D eigenvalue weighted by molar-refractivity contribution is 7.88. The Balaban J connectivity index is 1.65. The second kappa shape index (κ2) is 7.63. The van der Waals surface area contributed by atoms with Gasteiger partial charge in [0.15, 0.2) is 5.82 Å². The van der Waals surface area contributed by atoms with Gasteiger partial charge in [-0.3, -0.25) is 0 Å². The third-order valence-electron chi connectivity index (χ3n) is 3.87. The Morgan fingerprint density at radius 2 is 1.92 bits per heavy atom. The standard InChI is InChI=1S/C16H17ClFN3O3S/c17-13-5-3-12(4-6-13)11-25(22,23)21-7-1-2-15(10-21)24-16-19-8-14(18)9-20-16/h3-6,8-9,15H,1-2,7,10-11H2/t15-/m1/s1. The second-order valence-corrected chi connectivity index (χ2v) is 8.21. The summed E-state index contributed by atoms with van der Waals surface area (Å²) in [6, 6.07) is 6.78. The van der Waals surface area contributed by atoms with Gasteiger partial charge < -0.3 is 4.74 Å². The number of hydrogen-bond acceptors (Lipinski definition) is 5. The molecular formula is C16H17ClFN3O3S. The normalized spacial score (nSPS) is 18.9. The van der Waals surface area contributed by atoms with Gasteiger partial charge in [-0.05, 0) is 30.5 Å². The Kier molecular flexibility index (Phi) is 5.51. The Hall–Kier alpha value is -1.77. The molecule has 0 aliphatic carbocycles. The number of benzene rings is 1. The predicted molar refractivity (Wildman–Crippen MR) is 91.3 cm³/mol. The van der Waals surface area contributed by atoms with Crippen molar-refractivity contribution in [3.8, 4) is 6.01 Å². The number of halogens is 2. The van der Waals surface area contributed by atoms with E-state index >= 15 is 0 Å². The zero-order valence-electron chi connectivity index (χ0n) is 13.3. The van der Waals surface area contributed by atoms with Crippen LogP contribution in [0.2, 0.25) is 5.02 Å². The largest absolute Gasteiger partial charge is 0.459 e. The summed E-state index contributed by atoms with van der Waals surface area (Å²) in [7, 11) is -3.47. The fourth-order valence-corrected chi connectivity index (χ4v) is 4.37. The van der Waals surface area contributed by atoms with Gasteiger partial charge in [-0.2, -0.15) is 4.31 Å². The minimum atomic E-state index is -3.47. The maximum absolute atomic E-state index is 12.8. The molecule has 0 radical (unpaired) electrons. The third-order valence-corrected chi connectivity index (χ3v) is 5.93. The van der Waals surface area contributed by atoms with Crippen molar-refractivity contribution in [1.29, 1.82) is 0 Å². The lowest BCUT2D eigenvalue weighted by Crippen LogP contribution is -2.44. The fourth-order valence-electron chi connectivity index (χ4n) is 2.65. The van der Waals surface area contributed by atoms with E-state index in [2.05, 4.69) is 9.97 Å². The molecule has 1 aromatic carbocycles. The van der Waals surface area contributed by atoms with Gasteiger partial charge in [0, 0.05) is 11.6 Å². The van der Waals surface area contributed by atoms with Crippen LogP contribution in [0.4, 0.5) is 4.39 Å². The molecule has 1 atom stereocenters. The van der Waals surface area contributed by atoms with Crippen LogP contribution in [0.25, 0.3) is 0 Å². The molecule has 3 rings (SSSR count). The van der Waals surface area contributed by atoms with Crippen LogP contribution in [0.15, 0.2) is 36.7 Å². The highest BCUT2D eigenvalue weighted by Gasteiger charge is 2.30. The van der Waals surface area contributed by atoms with Crippen molar-refractivity contribution in [3.63, 3.8) is 0 Å². The molecule has 1 aliphatic rings. The molecule has 1 aromatic heterocycles. The number of hydrogen-bond donors (Lipinski definition) is 0. The first-order valence-corrected chi connectivity index (χ1v) is 9.77. The lowest BCUT2D eigenvalue weighted by Gasteiger charge is -2.31. The highest BCUT2D eigenvalue weighted by atomic mass is 35.5. The molecule has 2 aromatic rings. The molecule has 0 bridgehead atoms. The summed E-state index contributed by atoms with van der Waals surface area (Å²) < 4.78 is 45.1. The summed E-state index contributed by atoms with van der Waals surface area (Å²) in [5, 5.41) is 0.562. The molecule has 1 fully saturated rings. The number of aromatic nitrogens is 2. The van der Waals surface area contributed by atoms with Crippen LogP contribution in [0.1, 0.15) is 18.4 Å². The maximum Gasteiger partial charge on any atom is 0.316 e. The van der Waals surface area contributed by atoms with Gasteiger partial charge in [-0.15, -0.1) is 0 Å². The first-order chi connectivity index (χ1) is 11.9. The van der Waals surface area contributed by atoms with E-state index in [0.29, 0.717) is 30.0 Å². The van der Waals surface area contributed by atoms with Gasteiger partial charge in [0.1, 0.15) is 6.10 Å². The molecule has 2 heterocycles. The van der Waals surface area contributed by atoms with Crippen molar-refractivity contribution in [2.75, 3.05) is 13.1 Å². The van der Waals surface area contributed by atoms with Crippen molar-refractivity contribution in [3.05, 3.63) is 53.1 Å². The van der Waals surface area contributed by atoms with Crippen molar-refractivity contribution < 1.29 is 17.5 Å². The molecule has 0 unspecified atom stereocenters. The number of rotatable bonds is 5. The summed E-state index contributed by atoms with van der Waals surface area (Å²) >= 11 is 5.83. The summed E-state index contributed by atoms with van der Waals surface area (Å²) in [6.45, 7) is 0.663. The third kappa shape index (κ3) is 4.87. The van der Waals surface area contributed by atoms with E-state index in [1.807, 2.05) is 0 Å². The average molecular weight is 386 g/mol. The van der Waals surface area contributed by atoms with E-state index in [1.165, 1.54) is 4.31 Å². The van der Waals surface area contributed by atoms with Crippen molar-refractivity contribution in [2.45, 2.75) is 24.7 Å². The van der Waals surface area contributed by atoms with E-state index in [1.54, 1.807) is 24.3 Å². The number of sulfonamides is 1. The topological polar surface area (TPSA) is 72.4 Å². The smallest absolute Gasteiger partial charge is 0.316 e. The Morgan fingerprint density at radius 1 is 1.24 bits per heavy atom. The molecule has 6 nitrogen and oxygen atoms in total. The number of piperidine rings is 1. The quantitative estimate of drug-likeness (QED) is 0.791. The molecule has 0 N–H and O–H groups in total. The monoisotopic (exact) mass is 385 g/mol. The minimum Gasteiger partial charge on any atom is -0.459 e. The number of nitrogens with zero attached hydrogens (tertiary/aromatic N) is 3. The predicted octanol–water partition coefficient (Wildman–Crippen LogP) is 2.64. The number of ether oxygens (including phenoxy) is 1. The first-order valence-electron chi connectivity index (χ1n) is 7.79. The van der Waals surface area contributed by atoms with Gasteiger partial charge in [0.05, 0.1) is 24.7 Å². The van der Waals surface area contributed by atoms with Gasteiger partial charge in [-0.25, -0.2) is 22.8 Å². The summed E-state index contributed by atoms with van der Waals surface area (Å²) in [5.74, 6) is -0.646. The molecular weight excluding hydrogens is 369 g/mol. The summed E-state index contributed by atoms with van der Waals surface area (Å²) in [5.41, 5.74) is 0.675. The van der Waals surface area contributed by atoms with Gasteiger partial charge in [0.2, 0.25) is 10.0 Å². The molecule has 1 saturated heterocycles. The van der Waals surface area contributed by atoms with Crippen LogP contribution >= 0.6 is 11.6 Å². The van der Waals surface area contributed by atoms with Crippen LogP contribution in [0, 0.1) is 5.82 Å². The van der Waals surface area contributed by atoms with Gasteiger partial charge >= 0.3 is 6.01 Å². The first kappa shape index (κ1) is 18.0. The zero-order chi connectivity index (χ0) is 17.9. The molecule has 9 heteroatoms. The van der Waals surface area contributed by atoms with Gasteiger partial charge in [-0.1, -0.05) is 23.7 Å². The summed E-state index contributed by atoms with van der Waals surface area (Å²) in [4.78, 5) is 7.49. The van der Waals surface area contributed by atoms with E-state index in [9.17, 15) is 12.8 Å². The Morgan fingerprint density at radius 3 is 2.60 bits per heavy atom. The van der Waals surface area contributed by atoms with E-state index in [4.69, 9.17) is 16.3 Å². The zero-order valence-corrected chi connectivity index (χ0v) is 14.9. The Labute approximate surface area is 150 Å². The lowest BCUT2D eigenvalue weighted by atomic mass is 10.1. The van der Waals surface area contributed by atoms with Crippen LogP contribution in [-0.4, -0.2) is 41.9 Å². The lowest BCUT2D eigenvalue weighted by molar-refractivity contribution is 0.119. The molecule has 1 aliphatic heterocycles. The summed E-state index contributed by atoms with van der Waals surface area (Å²) in [6.07, 6.45) is 3.03. The van der Waals surface area contributed by atoms with Crippen LogP contribution in [-0.2, 0) is 15.8 Å². The van der Waals surface area contributed by atoms with Crippen LogP contribution in [0.5, 0.6) is 6.01 Å². The molecule has 25 heavy (non-hydrogen) atoms. The van der Waals surface area contributed by atoms with E-state index in [-0.39, 0.29) is 24.4 Å². The maximum atomic E-state index is 12.8. The van der Waals surface area contributed by atoms with E-state index in [0.717, 1.165) is 12.4 Å². The second-order valence-electron chi connectivity index (χ2n) is 5.81. The van der Waals surface area contributed by atoms with E-state index < -0.39 is 15.8 Å². The average Bonchev–Trinajstić information content (AvgIpc) is 2.59. The fraction of sp³-hybridized carbons (Fsp3) is 0.375. The molecule has 134 valence electrons. The van der Waals surface area contributed by atoms with Crippen molar-refractivity contribution >= 4 is 21.6 Å². The Bertz CT molecular complexity index is 816. The molecule has 0 saturated carbocycles. The van der Waals surface area contributed by atoms with Gasteiger partial charge in [0.25, 0.3) is 0 Å². The SMILES string of the molecule is O=S(=O)(Cc1ccc(Cl)cc1)N1CCC[C@@H](Oc2ncc(F)cn2)C1. The van der Waals surface area contributed by atoms with Crippen LogP contribution in [0.3, 0.4) is 0 Å². The van der Waals surface area contributed by atoms with Crippen molar-refractivity contribution in [1.82, 2.24) is 14.3 Å². The molecule has 0 spiro atoms. The molecule has 0 amide bonds. The van der Waals surface area contributed by atoms with Crippen LogP contribution < -0.4 is 4.74 Å².